The number of rotatable bonds is 9. The maximum atomic E-state index is 11.9. The van der Waals surface area contributed by atoms with Gasteiger partial charge in [-0.2, -0.15) is 0 Å². The molecule has 29 heavy (non-hydrogen) atoms. The van der Waals surface area contributed by atoms with Crippen LogP contribution in [-0.4, -0.2) is 11.8 Å². The SMILES string of the molecule is C/C=C(\CC(C)C(C)(N)C(C=O)C/C=C/c1cccc(C)c1)c1cccc(N)c1. The van der Waals surface area contributed by atoms with Gasteiger partial charge in [0.15, 0.2) is 0 Å². The average molecular weight is 391 g/mol. The van der Waals surface area contributed by atoms with Crippen molar-refractivity contribution in [3.63, 3.8) is 0 Å². The summed E-state index contributed by atoms with van der Waals surface area (Å²) >= 11 is 0. The van der Waals surface area contributed by atoms with E-state index in [4.69, 9.17) is 11.5 Å². The Bertz CT molecular complexity index is 880. The van der Waals surface area contributed by atoms with Crippen LogP contribution in [0.25, 0.3) is 11.6 Å². The van der Waals surface area contributed by atoms with Crippen LogP contribution in [0.15, 0.2) is 60.7 Å². The van der Waals surface area contributed by atoms with E-state index in [0.717, 1.165) is 29.5 Å². The fraction of sp³-hybridized carbons (Fsp3) is 0.346. The Labute approximate surface area is 175 Å². The van der Waals surface area contributed by atoms with Crippen LogP contribution < -0.4 is 11.5 Å². The molecular weight excluding hydrogens is 356 g/mol. The lowest BCUT2D eigenvalue weighted by molar-refractivity contribution is -0.113. The predicted molar refractivity (Wildman–Crippen MR) is 125 cm³/mol. The summed E-state index contributed by atoms with van der Waals surface area (Å²) in [4.78, 5) is 11.9. The smallest absolute Gasteiger partial charge is 0.125 e. The number of aldehydes is 1. The first-order chi connectivity index (χ1) is 13.8. The number of benzene rings is 2. The molecule has 0 amide bonds. The number of hydrogen-bond donors (Lipinski definition) is 2. The Hall–Kier alpha value is -2.65. The summed E-state index contributed by atoms with van der Waals surface area (Å²) in [6.45, 7) is 8.21. The minimum atomic E-state index is -0.618. The molecule has 0 heterocycles. The van der Waals surface area contributed by atoms with Crippen molar-refractivity contribution < 1.29 is 4.79 Å². The van der Waals surface area contributed by atoms with Crippen molar-refractivity contribution >= 4 is 23.6 Å². The summed E-state index contributed by atoms with van der Waals surface area (Å²) in [7, 11) is 0. The molecule has 2 rings (SSSR count). The highest BCUT2D eigenvalue weighted by Gasteiger charge is 2.35. The van der Waals surface area contributed by atoms with Gasteiger partial charge in [0.1, 0.15) is 6.29 Å². The molecule has 3 heteroatoms. The highest BCUT2D eigenvalue weighted by molar-refractivity contribution is 5.68. The summed E-state index contributed by atoms with van der Waals surface area (Å²) < 4.78 is 0. The fourth-order valence-electron chi connectivity index (χ4n) is 3.64. The molecule has 0 aliphatic carbocycles. The number of aryl methyl sites for hydroxylation is 1. The molecule has 0 fully saturated rings. The number of carbonyl (C=O) groups is 1. The maximum absolute atomic E-state index is 11.9. The van der Waals surface area contributed by atoms with Crippen LogP contribution in [0, 0.1) is 18.8 Å². The van der Waals surface area contributed by atoms with Crippen molar-refractivity contribution in [3.05, 3.63) is 77.4 Å². The summed E-state index contributed by atoms with van der Waals surface area (Å²) in [5.41, 5.74) is 17.4. The average Bonchev–Trinajstić information content (AvgIpc) is 2.69. The second-order valence-corrected chi connectivity index (χ2v) is 8.21. The number of nitrogen functional groups attached to an aromatic ring is 1. The van der Waals surface area contributed by atoms with Gasteiger partial charge in [0.05, 0.1) is 0 Å². The molecule has 0 aliphatic heterocycles. The number of nitrogens with two attached hydrogens (primary N) is 2. The Kier molecular flexibility index (Phi) is 7.98. The van der Waals surface area contributed by atoms with Crippen LogP contribution in [0.3, 0.4) is 0 Å². The van der Waals surface area contributed by atoms with Gasteiger partial charge in [0, 0.05) is 17.1 Å². The summed E-state index contributed by atoms with van der Waals surface area (Å²) in [6.07, 6.45) is 8.65. The van der Waals surface area contributed by atoms with E-state index >= 15 is 0 Å². The predicted octanol–water partition coefficient (Wildman–Crippen LogP) is 5.64. The van der Waals surface area contributed by atoms with Crippen molar-refractivity contribution in [1.82, 2.24) is 0 Å². The topological polar surface area (TPSA) is 69.1 Å². The third kappa shape index (κ3) is 6.16. The van der Waals surface area contributed by atoms with Crippen molar-refractivity contribution in [3.8, 4) is 0 Å². The van der Waals surface area contributed by atoms with Crippen LogP contribution in [0.5, 0.6) is 0 Å². The van der Waals surface area contributed by atoms with Gasteiger partial charge in [0.25, 0.3) is 0 Å². The Morgan fingerprint density at radius 3 is 2.52 bits per heavy atom. The molecule has 0 bridgehead atoms. The van der Waals surface area contributed by atoms with Gasteiger partial charge in [-0.05, 0) is 68.4 Å². The van der Waals surface area contributed by atoms with Crippen molar-refractivity contribution in [1.29, 1.82) is 0 Å². The van der Waals surface area contributed by atoms with Crippen molar-refractivity contribution in [2.24, 2.45) is 17.6 Å². The van der Waals surface area contributed by atoms with Crippen LogP contribution >= 0.6 is 0 Å². The largest absolute Gasteiger partial charge is 0.399 e. The second-order valence-electron chi connectivity index (χ2n) is 8.21. The first-order valence-corrected chi connectivity index (χ1v) is 10.3. The van der Waals surface area contributed by atoms with Crippen LogP contribution in [0.1, 0.15) is 50.3 Å². The third-order valence-electron chi connectivity index (χ3n) is 5.90. The standard InChI is InChI=1S/C26H34N2O/c1-5-22(23-12-8-14-25(27)17-23)16-20(3)26(4,28)24(18-29)13-7-11-21-10-6-9-19(2)15-21/h5-12,14-15,17-18,20,24H,13,16,27-28H2,1-4H3/b11-7+,22-5+. The van der Waals surface area contributed by atoms with Gasteiger partial charge >= 0.3 is 0 Å². The van der Waals surface area contributed by atoms with E-state index in [1.807, 2.05) is 38.1 Å². The first-order valence-electron chi connectivity index (χ1n) is 10.3. The van der Waals surface area contributed by atoms with Crippen molar-refractivity contribution in [2.45, 2.75) is 46.1 Å². The molecule has 0 saturated heterocycles. The Balaban J connectivity index is 2.09. The molecule has 0 spiro atoms. The van der Waals surface area contributed by atoms with Gasteiger partial charge in [-0.3, -0.25) is 0 Å². The molecular formula is C26H34N2O. The van der Waals surface area contributed by atoms with E-state index in [0.29, 0.717) is 6.42 Å². The highest BCUT2D eigenvalue weighted by atomic mass is 16.1. The van der Waals surface area contributed by atoms with E-state index in [1.54, 1.807) is 0 Å². The molecule has 0 saturated carbocycles. The molecule has 2 aromatic rings. The maximum Gasteiger partial charge on any atom is 0.125 e. The molecule has 0 aromatic heterocycles. The fourth-order valence-corrected chi connectivity index (χ4v) is 3.64. The summed E-state index contributed by atoms with van der Waals surface area (Å²) in [5.74, 6) is -0.129. The summed E-state index contributed by atoms with van der Waals surface area (Å²) in [6, 6.07) is 16.2. The lowest BCUT2D eigenvalue weighted by atomic mass is 9.73. The lowest BCUT2D eigenvalue weighted by Crippen LogP contribution is -2.50. The number of hydrogen-bond acceptors (Lipinski definition) is 3. The van der Waals surface area contributed by atoms with Gasteiger partial charge in [-0.15, -0.1) is 0 Å². The Morgan fingerprint density at radius 2 is 1.90 bits per heavy atom. The zero-order chi connectivity index (χ0) is 21.4. The zero-order valence-corrected chi connectivity index (χ0v) is 18.1. The molecule has 3 nitrogen and oxygen atoms in total. The summed E-state index contributed by atoms with van der Waals surface area (Å²) in [5, 5.41) is 0. The quantitative estimate of drug-likeness (QED) is 0.430. The number of carbonyl (C=O) groups excluding carboxylic acids is 1. The van der Waals surface area contributed by atoms with Crippen LogP contribution in [0.4, 0.5) is 5.69 Å². The molecule has 2 aromatic carbocycles. The molecule has 0 radical (unpaired) electrons. The van der Waals surface area contributed by atoms with Gasteiger partial charge < -0.3 is 16.3 Å². The molecule has 3 atom stereocenters. The molecule has 3 unspecified atom stereocenters. The minimum absolute atomic E-state index is 0.123. The molecule has 0 aliphatic rings. The van der Waals surface area contributed by atoms with E-state index in [-0.39, 0.29) is 11.8 Å². The normalized spacial score (nSPS) is 16.4. The van der Waals surface area contributed by atoms with E-state index in [9.17, 15) is 4.79 Å². The second kappa shape index (κ2) is 10.2. The highest BCUT2D eigenvalue weighted by Crippen LogP contribution is 2.33. The van der Waals surface area contributed by atoms with E-state index in [2.05, 4.69) is 56.3 Å². The molecule has 154 valence electrons. The van der Waals surface area contributed by atoms with Gasteiger partial charge in [-0.1, -0.05) is 67.1 Å². The zero-order valence-electron chi connectivity index (χ0n) is 18.1. The minimum Gasteiger partial charge on any atom is -0.399 e. The van der Waals surface area contributed by atoms with E-state index in [1.165, 1.54) is 11.1 Å². The monoisotopic (exact) mass is 390 g/mol. The number of anilines is 1. The van der Waals surface area contributed by atoms with Gasteiger partial charge in [-0.25, -0.2) is 0 Å². The van der Waals surface area contributed by atoms with Crippen LogP contribution in [0.2, 0.25) is 0 Å². The van der Waals surface area contributed by atoms with Crippen molar-refractivity contribution in [2.75, 3.05) is 5.73 Å². The lowest BCUT2D eigenvalue weighted by Gasteiger charge is -2.37. The molecule has 4 N–H and O–H groups in total. The first kappa shape index (κ1) is 22.6. The van der Waals surface area contributed by atoms with Gasteiger partial charge in [0.2, 0.25) is 0 Å². The van der Waals surface area contributed by atoms with Crippen LogP contribution in [-0.2, 0) is 4.79 Å². The third-order valence-corrected chi connectivity index (χ3v) is 5.90. The number of allylic oxidation sites excluding steroid dienone is 3. The Morgan fingerprint density at radius 1 is 1.17 bits per heavy atom. The van der Waals surface area contributed by atoms with E-state index < -0.39 is 5.54 Å².